The maximum Gasteiger partial charge on any atom is 0.323 e. The predicted molar refractivity (Wildman–Crippen MR) is 67.7 cm³/mol. The van der Waals surface area contributed by atoms with E-state index < -0.39 is 5.97 Å². The third-order valence-corrected chi connectivity index (χ3v) is 3.37. The summed E-state index contributed by atoms with van der Waals surface area (Å²) in [5.41, 5.74) is 3.01. The van der Waals surface area contributed by atoms with Gasteiger partial charge < -0.3 is 10.0 Å². The van der Waals surface area contributed by atoms with Gasteiger partial charge in [-0.2, -0.15) is 0 Å². The van der Waals surface area contributed by atoms with Gasteiger partial charge in [0.25, 0.3) is 5.91 Å². The Morgan fingerprint density at radius 3 is 2.78 bits per heavy atom. The van der Waals surface area contributed by atoms with Crippen molar-refractivity contribution in [2.45, 2.75) is 26.2 Å². The lowest BCUT2D eigenvalue weighted by atomic mass is 10.0. The Labute approximate surface area is 106 Å². The van der Waals surface area contributed by atoms with Crippen LogP contribution in [0.3, 0.4) is 0 Å². The Balaban J connectivity index is 2.28. The molecule has 1 aromatic carbocycles. The Kier molecular flexibility index (Phi) is 3.65. The lowest BCUT2D eigenvalue weighted by Crippen LogP contribution is -2.35. The summed E-state index contributed by atoms with van der Waals surface area (Å²) >= 11 is 0. The average Bonchev–Trinajstić information content (AvgIpc) is 2.82. The molecule has 0 atom stereocenters. The maximum atomic E-state index is 12.3. The van der Waals surface area contributed by atoms with E-state index in [1.165, 1.54) is 10.5 Å². The van der Waals surface area contributed by atoms with Crippen LogP contribution >= 0.6 is 0 Å². The highest BCUT2D eigenvalue weighted by molar-refractivity contribution is 5.97. The summed E-state index contributed by atoms with van der Waals surface area (Å²) in [5, 5.41) is 8.81. The van der Waals surface area contributed by atoms with Crippen molar-refractivity contribution in [1.82, 2.24) is 4.90 Å². The van der Waals surface area contributed by atoms with Crippen LogP contribution in [0.4, 0.5) is 0 Å². The van der Waals surface area contributed by atoms with Gasteiger partial charge >= 0.3 is 5.97 Å². The summed E-state index contributed by atoms with van der Waals surface area (Å²) in [7, 11) is 0. The number of carboxylic acid groups (broad SMARTS) is 1. The molecule has 0 aromatic heterocycles. The van der Waals surface area contributed by atoms with E-state index in [0.717, 1.165) is 24.8 Å². The Hall–Kier alpha value is -1.84. The molecule has 0 saturated heterocycles. The fourth-order valence-corrected chi connectivity index (χ4v) is 2.48. The van der Waals surface area contributed by atoms with E-state index in [0.29, 0.717) is 12.1 Å². The van der Waals surface area contributed by atoms with E-state index >= 15 is 0 Å². The highest BCUT2D eigenvalue weighted by atomic mass is 16.4. The SMILES string of the molecule is CCN(CC(=O)O)C(=O)c1cccc2c1CCC2. The lowest BCUT2D eigenvalue weighted by molar-refractivity contribution is -0.137. The third kappa shape index (κ3) is 2.37. The molecule has 0 spiro atoms. The molecule has 18 heavy (non-hydrogen) atoms. The molecule has 1 aliphatic carbocycles. The molecule has 4 heteroatoms. The highest BCUT2D eigenvalue weighted by Gasteiger charge is 2.23. The zero-order chi connectivity index (χ0) is 13.1. The van der Waals surface area contributed by atoms with Crippen LogP contribution in [0.2, 0.25) is 0 Å². The molecular formula is C14H17NO3. The molecule has 1 aliphatic rings. The molecule has 4 nitrogen and oxygen atoms in total. The zero-order valence-electron chi connectivity index (χ0n) is 10.5. The number of rotatable bonds is 4. The predicted octanol–water partition coefficient (Wildman–Crippen LogP) is 1.72. The number of benzene rings is 1. The van der Waals surface area contributed by atoms with Gasteiger partial charge in [-0.1, -0.05) is 12.1 Å². The zero-order valence-corrected chi connectivity index (χ0v) is 10.5. The van der Waals surface area contributed by atoms with E-state index in [4.69, 9.17) is 5.11 Å². The highest BCUT2D eigenvalue weighted by Crippen LogP contribution is 2.26. The molecule has 1 N–H and O–H groups in total. The van der Waals surface area contributed by atoms with Crippen LogP contribution in [0, 0.1) is 0 Å². The fraction of sp³-hybridized carbons (Fsp3) is 0.429. The molecule has 0 heterocycles. The standard InChI is InChI=1S/C14H17NO3/c1-2-15(9-13(16)17)14(18)12-8-4-6-10-5-3-7-11(10)12/h4,6,8H,2-3,5,7,9H2,1H3,(H,16,17). The second kappa shape index (κ2) is 5.21. The Bertz CT molecular complexity index is 482. The van der Waals surface area contributed by atoms with E-state index in [9.17, 15) is 9.59 Å². The first-order chi connectivity index (χ1) is 8.63. The normalized spacial score (nSPS) is 13.2. The van der Waals surface area contributed by atoms with E-state index in [2.05, 4.69) is 0 Å². The number of carbonyl (C=O) groups excluding carboxylic acids is 1. The topological polar surface area (TPSA) is 57.6 Å². The molecule has 1 aromatic rings. The van der Waals surface area contributed by atoms with Gasteiger partial charge in [0.15, 0.2) is 0 Å². The van der Waals surface area contributed by atoms with E-state index in [-0.39, 0.29) is 12.5 Å². The van der Waals surface area contributed by atoms with Crippen LogP contribution in [0.15, 0.2) is 18.2 Å². The molecule has 0 fully saturated rings. The minimum atomic E-state index is -0.974. The largest absolute Gasteiger partial charge is 0.480 e. The van der Waals surface area contributed by atoms with Gasteiger partial charge in [0.2, 0.25) is 0 Å². The van der Waals surface area contributed by atoms with Crippen molar-refractivity contribution < 1.29 is 14.7 Å². The number of hydrogen-bond acceptors (Lipinski definition) is 2. The first-order valence-corrected chi connectivity index (χ1v) is 6.25. The van der Waals surface area contributed by atoms with Crippen LogP contribution in [-0.2, 0) is 17.6 Å². The van der Waals surface area contributed by atoms with Crippen LogP contribution in [0.1, 0.15) is 34.8 Å². The number of amides is 1. The molecule has 0 unspecified atom stereocenters. The van der Waals surface area contributed by atoms with Crippen molar-refractivity contribution in [2.24, 2.45) is 0 Å². The molecule has 0 bridgehead atoms. The van der Waals surface area contributed by atoms with Crippen LogP contribution in [0.25, 0.3) is 0 Å². The number of likely N-dealkylation sites (N-methyl/N-ethyl adjacent to an activating group) is 1. The Morgan fingerprint density at radius 1 is 1.33 bits per heavy atom. The second-order valence-corrected chi connectivity index (χ2v) is 4.51. The quantitative estimate of drug-likeness (QED) is 0.881. The van der Waals surface area contributed by atoms with Gasteiger partial charge in [0.1, 0.15) is 6.54 Å². The van der Waals surface area contributed by atoms with Gasteiger partial charge in [-0.3, -0.25) is 9.59 Å². The van der Waals surface area contributed by atoms with Crippen molar-refractivity contribution in [1.29, 1.82) is 0 Å². The molecule has 0 radical (unpaired) electrons. The number of aliphatic carboxylic acids is 1. The lowest BCUT2D eigenvalue weighted by Gasteiger charge is -2.20. The second-order valence-electron chi connectivity index (χ2n) is 4.51. The summed E-state index contributed by atoms with van der Waals surface area (Å²) in [5.74, 6) is -1.14. The molecule has 2 rings (SSSR count). The summed E-state index contributed by atoms with van der Waals surface area (Å²) < 4.78 is 0. The smallest absolute Gasteiger partial charge is 0.323 e. The van der Waals surface area contributed by atoms with Crippen LogP contribution in [0.5, 0.6) is 0 Å². The molecule has 96 valence electrons. The van der Waals surface area contributed by atoms with Gasteiger partial charge in [-0.05, 0) is 43.4 Å². The van der Waals surface area contributed by atoms with Gasteiger partial charge in [0, 0.05) is 12.1 Å². The molecule has 0 aliphatic heterocycles. The number of fused-ring (bicyclic) bond motifs is 1. The van der Waals surface area contributed by atoms with Crippen LogP contribution in [-0.4, -0.2) is 35.0 Å². The summed E-state index contributed by atoms with van der Waals surface area (Å²) in [6.07, 6.45) is 3.01. The number of carboxylic acids is 1. The van der Waals surface area contributed by atoms with Crippen molar-refractivity contribution >= 4 is 11.9 Å². The number of hydrogen-bond donors (Lipinski definition) is 1. The maximum absolute atomic E-state index is 12.3. The number of aryl methyl sites for hydroxylation is 1. The van der Waals surface area contributed by atoms with Gasteiger partial charge in [-0.25, -0.2) is 0 Å². The summed E-state index contributed by atoms with van der Waals surface area (Å²) in [6, 6.07) is 5.73. The van der Waals surface area contributed by atoms with Crippen molar-refractivity contribution in [3.05, 3.63) is 34.9 Å². The number of nitrogens with zero attached hydrogens (tertiary/aromatic N) is 1. The first kappa shape index (κ1) is 12.6. The first-order valence-electron chi connectivity index (χ1n) is 6.25. The van der Waals surface area contributed by atoms with E-state index in [1.807, 2.05) is 12.1 Å². The van der Waals surface area contributed by atoms with Crippen molar-refractivity contribution in [3.63, 3.8) is 0 Å². The molecule has 1 amide bonds. The molecular weight excluding hydrogens is 230 g/mol. The monoisotopic (exact) mass is 247 g/mol. The minimum absolute atomic E-state index is 0.168. The summed E-state index contributed by atoms with van der Waals surface area (Å²) in [6.45, 7) is 1.97. The Morgan fingerprint density at radius 2 is 2.11 bits per heavy atom. The number of carbonyl (C=O) groups is 2. The van der Waals surface area contributed by atoms with E-state index in [1.54, 1.807) is 13.0 Å². The minimum Gasteiger partial charge on any atom is -0.480 e. The summed E-state index contributed by atoms with van der Waals surface area (Å²) in [4.78, 5) is 24.4. The van der Waals surface area contributed by atoms with Crippen molar-refractivity contribution in [2.75, 3.05) is 13.1 Å². The third-order valence-electron chi connectivity index (χ3n) is 3.37. The van der Waals surface area contributed by atoms with Gasteiger partial charge in [0.05, 0.1) is 0 Å². The average molecular weight is 247 g/mol. The van der Waals surface area contributed by atoms with Gasteiger partial charge in [-0.15, -0.1) is 0 Å². The fourth-order valence-electron chi connectivity index (χ4n) is 2.48. The van der Waals surface area contributed by atoms with Crippen LogP contribution < -0.4 is 0 Å². The van der Waals surface area contributed by atoms with Crippen molar-refractivity contribution in [3.8, 4) is 0 Å². The molecule has 0 saturated carbocycles.